The lowest BCUT2D eigenvalue weighted by atomic mass is 10.1. The molecule has 21 heavy (non-hydrogen) atoms. The molecular formula is C16H20N2O2S. The molecule has 2 aromatic rings. The number of benzene rings is 2. The number of hydrogen-bond donors (Lipinski definition) is 1. The highest BCUT2D eigenvalue weighted by atomic mass is 32.2. The quantitative estimate of drug-likeness (QED) is 0.923. The highest BCUT2D eigenvalue weighted by Gasteiger charge is 2.23. The Kier molecular flexibility index (Phi) is 4.65. The third kappa shape index (κ3) is 3.25. The van der Waals surface area contributed by atoms with E-state index in [9.17, 15) is 8.42 Å². The molecule has 2 N–H and O–H groups in total. The molecule has 0 aliphatic carbocycles. The molecule has 0 fully saturated rings. The fourth-order valence-electron chi connectivity index (χ4n) is 2.17. The summed E-state index contributed by atoms with van der Waals surface area (Å²) in [5.41, 5.74) is 7.30. The molecule has 1 unspecified atom stereocenters. The number of rotatable bonds is 5. The normalized spacial score (nSPS) is 12.9. The molecule has 5 heteroatoms. The minimum absolute atomic E-state index is 0.202. The van der Waals surface area contributed by atoms with Gasteiger partial charge in [-0.15, -0.1) is 0 Å². The molecule has 0 saturated carbocycles. The van der Waals surface area contributed by atoms with Crippen LogP contribution >= 0.6 is 0 Å². The van der Waals surface area contributed by atoms with Gasteiger partial charge >= 0.3 is 0 Å². The van der Waals surface area contributed by atoms with Crippen molar-refractivity contribution < 1.29 is 8.42 Å². The van der Waals surface area contributed by atoms with Crippen molar-refractivity contribution in [2.24, 2.45) is 5.73 Å². The summed E-state index contributed by atoms with van der Waals surface area (Å²) in [5.74, 6) is 0. The molecule has 2 aromatic carbocycles. The second-order valence-electron chi connectivity index (χ2n) is 4.87. The van der Waals surface area contributed by atoms with Gasteiger partial charge in [-0.2, -0.15) is 0 Å². The molecule has 0 heterocycles. The van der Waals surface area contributed by atoms with Gasteiger partial charge in [-0.3, -0.25) is 4.31 Å². The van der Waals surface area contributed by atoms with Crippen LogP contribution in [0.15, 0.2) is 59.5 Å². The van der Waals surface area contributed by atoms with Crippen LogP contribution in [-0.2, 0) is 10.0 Å². The van der Waals surface area contributed by atoms with Crippen molar-refractivity contribution in [1.29, 1.82) is 0 Å². The number of nitrogens with two attached hydrogens (primary N) is 1. The number of anilines is 1. The Hall–Kier alpha value is -1.85. The molecule has 112 valence electrons. The first-order valence-electron chi connectivity index (χ1n) is 6.90. The number of nitrogens with zero attached hydrogens (tertiary/aromatic N) is 1. The van der Waals surface area contributed by atoms with E-state index >= 15 is 0 Å². The maximum absolute atomic E-state index is 12.8. The fourth-order valence-corrected chi connectivity index (χ4v) is 3.70. The SMILES string of the molecule is CCN(c1ccccc1)S(=O)(=O)c1cccc(C(C)N)c1. The Morgan fingerprint density at radius 3 is 2.33 bits per heavy atom. The molecule has 0 saturated heterocycles. The van der Waals surface area contributed by atoms with E-state index in [1.165, 1.54) is 4.31 Å². The van der Waals surface area contributed by atoms with E-state index in [0.717, 1.165) is 5.56 Å². The number of para-hydroxylation sites is 1. The first-order chi connectivity index (χ1) is 9.96. The Labute approximate surface area is 126 Å². The topological polar surface area (TPSA) is 63.4 Å². The third-order valence-electron chi connectivity index (χ3n) is 3.30. The van der Waals surface area contributed by atoms with E-state index in [1.54, 1.807) is 30.3 Å². The van der Waals surface area contributed by atoms with Gasteiger partial charge in [0, 0.05) is 12.6 Å². The first kappa shape index (κ1) is 15.5. The molecule has 2 rings (SSSR count). The van der Waals surface area contributed by atoms with Gasteiger partial charge in [-0.25, -0.2) is 8.42 Å². The second-order valence-corrected chi connectivity index (χ2v) is 6.73. The zero-order valence-corrected chi connectivity index (χ0v) is 13.0. The van der Waals surface area contributed by atoms with Crippen LogP contribution in [0.3, 0.4) is 0 Å². The molecular weight excluding hydrogens is 284 g/mol. The predicted molar refractivity (Wildman–Crippen MR) is 85.7 cm³/mol. The number of hydrogen-bond acceptors (Lipinski definition) is 3. The van der Waals surface area contributed by atoms with Gasteiger partial charge < -0.3 is 5.73 Å². The summed E-state index contributed by atoms with van der Waals surface area (Å²) in [6.07, 6.45) is 0. The lowest BCUT2D eigenvalue weighted by Crippen LogP contribution is -2.30. The van der Waals surface area contributed by atoms with Crippen molar-refractivity contribution in [2.45, 2.75) is 24.8 Å². The van der Waals surface area contributed by atoms with Gasteiger partial charge in [-0.05, 0) is 43.7 Å². The largest absolute Gasteiger partial charge is 0.324 e. The van der Waals surface area contributed by atoms with Crippen molar-refractivity contribution in [1.82, 2.24) is 0 Å². The summed E-state index contributed by atoms with van der Waals surface area (Å²) in [6.45, 7) is 4.02. The Balaban J connectivity index is 2.47. The van der Waals surface area contributed by atoms with E-state index in [1.807, 2.05) is 38.1 Å². The molecule has 0 bridgehead atoms. The second kappa shape index (κ2) is 6.28. The Bertz CT molecular complexity index is 697. The van der Waals surface area contributed by atoms with Gasteiger partial charge in [0.25, 0.3) is 10.0 Å². The van der Waals surface area contributed by atoms with Crippen molar-refractivity contribution in [2.75, 3.05) is 10.8 Å². The van der Waals surface area contributed by atoms with Crippen LogP contribution in [0.25, 0.3) is 0 Å². The van der Waals surface area contributed by atoms with E-state index < -0.39 is 10.0 Å². The molecule has 4 nitrogen and oxygen atoms in total. The van der Waals surface area contributed by atoms with Crippen LogP contribution in [0.1, 0.15) is 25.5 Å². The van der Waals surface area contributed by atoms with Crippen LogP contribution in [-0.4, -0.2) is 15.0 Å². The van der Waals surface area contributed by atoms with Crippen LogP contribution in [0.5, 0.6) is 0 Å². The summed E-state index contributed by atoms with van der Waals surface area (Å²) >= 11 is 0. The summed E-state index contributed by atoms with van der Waals surface area (Å²) in [5, 5.41) is 0. The fraction of sp³-hybridized carbons (Fsp3) is 0.250. The molecule has 0 spiro atoms. The maximum atomic E-state index is 12.8. The van der Waals surface area contributed by atoms with Crippen LogP contribution in [0.2, 0.25) is 0 Å². The van der Waals surface area contributed by atoms with Crippen LogP contribution in [0.4, 0.5) is 5.69 Å². The summed E-state index contributed by atoms with van der Waals surface area (Å²) in [6, 6.07) is 15.7. The van der Waals surface area contributed by atoms with Crippen LogP contribution < -0.4 is 10.0 Å². The zero-order chi connectivity index (χ0) is 15.5. The van der Waals surface area contributed by atoms with Gasteiger partial charge in [0.2, 0.25) is 0 Å². The van der Waals surface area contributed by atoms with Gasteiger partial charge in [0.15, 0.2) is 0 Å². The van der Waals surface area contributed by atoms with E-state index in [2.05, 4.69) is 0 Å². The molecule has 0 radical (unpaired) electrons. The van der Waals surface area contributed by atoms with Crippen LogP contribution in [0, 0.1) is 0 Å². The highest BCUT2D eigenvalue weighted by Crippen LogP contribution is 2.24. The zero-order valence-electron chi connectivity index (χ0n) is 12.2. The van der Waals surface area contributed by atoms with Crippen molar-refractivity contribution in [3.05, 3.63) is 60.2 Å². The Morgan fingerprint density at radius 2 is 1.76 bits per heavy atom. The highest BCUT2D eigenvalue weighted by molar-refractivity contribution is 7.92. The minimum atomic E-state index is -3.58. The van der Waals surface area contributed by atoms with Crippen molar-refractivity contribution >= 4 is 15.7 Å². The van der Waals surface area contributed by atoms with E-state index in [-0.39, 0.29) is 10.9 Å². The van der Waals surface area contributed by atoms with E-state index in [4.69, 9.17) is 5.73 Å². The van der Waals surface area contributed by atoms with E-state index in [0.29, 0.717) is 12.2 Å². The standard InChI is InChI=1S/C16H20N2O2S/c1-3-18(15-9-5-4-6-10-15)21(19,20)16-11-7-8-14(12-16)13(2)17/h4-13H,3,17H2,1-2H3. The van der Waals surface area contributed by atoms with Gasteiger partial charge in [0.05, 0.1) is 10.6 Å². The summed E-state index contributed by atoms with van der Waals surface area (Å²) < 4.78 is 27.0. The monoisotopic (exact) mass is 304 g/mol. The Morgan fingerprint density at radius 1 is 1.10 bits per heavy atom. The lowest BCUT2D eigenvalue weighted by molar-refractivity contribution is 0.591. The smallest absolute Gasteiger partial charge is 0.264 e. The summed E-state index contributed by atoms with van der Waals surface area (Å²) in [7, 11) is -3.58. The van der Waals surface area contributed by atoms with Crippen molar-refractivity contribution in [3.63, 3.8) is 0 Å². The molecule has 0 aromatic heterocycles. The molecule has 0 aliphatic rings. The lowest BCUT2D eigenvalue weighted by Gasteiger charge is -2.23. The average molecular weight is 304 g/mol. The minimum Gasteiger partial charge on any atom is -0.324 e. The van der Waals surface area contributed by atoms with Gasteiger partial charge in [-0.1, -0.05) is 30.3 Å². The molecule has 1 atom stereocenters. The van der Waals surface area contributed by atoms with Crippen molar-refractivity contribution in [3.8, 4) is 0 Å². The predicted octanol–water partition coefficient (Wildman–Crippen LogP) is 2.92. The van der Waals surface area contributed by atoms with Gasteiger partial charge in [0.1, 0.15) is 0 Å². The first-order valence-corrected chi connectivity index (χ1v) is 8.34. The number of sulfonamides is 1. The molecule has 0 amide bonds. The molecule has 0 aliphatic heterocycles. The maximum Gasteiger partial charge on any atom is 0.264 e. The average Bonchev–Trinajstić information content (AvgIpc) is 2.49. The third-order valence-corrected chi connectivity index (χ3v) is 5.20. The summed E-state index contributed by atoms with van der Waals surface area (Å²) in [4.78, 5) is 0.267.